The highest BCUT2D eigenvalue weighted by molar-refractivity contribution is 5.97. The van der Waals surface area contributed by atoms with Crippen molar-refractivity contribution in [2.24, 2.45) is 0 Å². The topological polar surface area (TPSA) is 58.6 Å². The maximum Gasteiger partial charge on any atom is 0.337 e. The van der Waals surface area contributed by atoms with Gasteiger partial charge in [0, 0.05) is 12.7 Å². The smallest absolute Gasteiger partial charge is 0.337 e. The number of carbonyl (C=O) groups is 2. The van der Waals surface area contributed by atoms with Crippen molar-refractivity contribution in [1.29, 1.82) is 0 Å². The monoisotopic (exact) mass is 330 g/mol. The number of likely N-dealkylation sites (N-methyl/N-ethyl adjacent to an activating group) is 1. The van der Waals surface area contributed by atoms with E-state index in [2.05, 4.69) is 10.1 Å². The number of nitrogens with one attached hydrogen (secondary N) is 1. The summed E-state index contributed by atoms with van der Waals surface area (Å²) >= 11 is 0. The average molecular weight is 330 g/mol. The van der Waals surface area contributed by atoms with E-state index in [1.807, 2.05) is 6.92 Å². The highest BCUT2D eigenvalue weighted by Gasteiger charge is 2.13. The molecule has 6 heteroatoms. The molecule has 0 aliphatic heterocycles. The first-order valence-corrected chi connectivity index (χ1v) is 7.37. The summed E-state index contributed by atoms with van der Waals surface area (Å²) in [5.41, 5.74) is 2.02. The standard InChI is InChI=1S/C18H19FN2O3/c1-12-8-9-13(18(23)24-3)10-15(12)20-17(22)11-21(2)16-7-5-4-6-14(16)19/h4-10H,11H2,1-3H3,(H,20,22). The molecule has 0 aliphatic carbocycles. The Morgan fingerprint density at radius 2 is 1.92 bits per heavy atom. The second-order valence-electron chi connectivity index (χ2n) is 5.38. The number of esters is 1. The van der Waals surface area contributed by atoms with Gasteiger partial charge in [-0.3, -0.25) is 4.79 Å². The van der Waals surface area contributed by atoms with Crippen LogP contribution in [0.4, 0.5) is 15.8 Å². The fourth-order valence-corrected chi connectivity index (χ4v) is 2.25. The van der Waals surface area contributed by atoms with E-state index in [4.69, 9.17) is 0 Å². The number of nitrogens with zero attached hydrogens (tertiary/aromatic N) is 1. The van der Waals surface area contributed by atoms with Crippen LogP contribution in [0, 0.1) is 12.7 Å². The maximum atomic E-state index is 13.7. The molecular formula is C18H19FN2O3. The molecule has 1 N–H and O–H groups in total. The van der Waals surface area contributed by atoms with Crippen molar-refractivity contribution in [3.05, 3.63) is 59.4 Å². The summed E-state index contributed by atoms with van der Waals surface area (Å²) in [5, 5.41) is 2.74. The Morgan fingerprint density at radius 3 is 2.58 bits per heavy atom. The summed E-state index contributed by atoms with van der Waals surface area (Å²) in [6, 6.07) is 11.2. The first-order chi connectivity index (χ1) is 11.4. The molecule has 2 aromatic rings. The number of aryl methyl sites for hydroxylation is 1. The molecule has 0 saturated carbocycles. The van der Waals surface area contributed by atoms with Crippen molar-refractivity contribution in [3.8, 4) is 0 Å². The summed E-state index contributed by atoms with van der Waals surface area (Å²) in [7, 11) is 2.93. The van der Waals surface area contributed by atoms with Gasteiger partial charge in [-0.2, -0.15) is 0 Å². The van der Waals surface area contributed by atoms with Crippen molar-refractivity contribution >= 4 is 23.3 Å². The molecule has 0 heterocycles. The summed E-state index contributed by atoms with van der Waals surface area (Å²) in [4.78, 5) is 25.3. The molecule has 0 aliphatic rings. The van der Waals surface area contributed by atoms with Gasteiger partial charge in [0.1, 0.15) is 5.82 Å². The lowest BCUT2D eigenvalue weighted by molar-refractivity contribution is -0.114. The van der Waals surface area contributed by atoms with Crippen LogP contribution >= 0.6 is 0 Å². The number of hydrogen-bond acceptors (Lipinski definition) is 4. The summed E-state index contributed by atoms with van der Waals surface area (Å²) < 4.78 is 18.4. The average Bonchev–Trinajstić information content (AvgIpc) is 2.56. The first kappa shape index (κ1) is 17.5. The Kier molecular flexibility index (Phi) is 5.52. The third-order valence-electron chi connectivity index (χ3n) is 3.58. The third kappa shape index (κ3) is 4.10. The van der Waals surface area contributed by atoms with Crippen LogP contribution in [0.15, 0.2) is 42.5 Å². The molecule has 0 aromatic heterocycles. The van der Waals surface area contributed by atoms with Crippen molar-refractivity contribution in [2.75, 3.05) is 30.9 Å². The predicted molar refractivity (Wildman–Crippen MR) is 90.8 cm³/mol. The van der Waals surface area contributed by atoms with E-state index in [0.29, 0.717) is 16.9 Å². The second-order valence-corrected chi connectivity index (χ2v) is 5.38. The molecule has 5 nitrogen and oxygen atoms in total. The Bertz CT molecular complexity index is 762. The molecule has 0 spiro atoms. The van der Waals surface area contributed by atoms with Gasteiger partial charge in [-0.05, 0) is 36.8 Å². The van der Waals surface area contributed by atoms with E-state index >= 15 is 0 Å². The molecule has 24 heavy (non-hydrogen) atoms. The van der Waals surface area contributed by atoms with E-state index in [1.165, 1.54) is 18.1 Å². The Morgan fingerprint density at radius 1 is 1.21 bits per heavy atom. The van der Waals surface area contributed by atoms with Gasteiger partial charge < -0.3 is 15.0 Å². The summed E-state index contributed by atoms with van der Waals surface area (Å²) in [5.74, 6) is -1.18. The van der Waals surface area contributed by atoms with Crippen LogP contribution in [0.3, 0.4) is 0 Å². The van der Waals surface area contributed by atoms with Gasteiger partial charge in [0.25, 0.3) is 0 Å². The zero-order valence-electron chi connectivity index (χ0n) is 13.8. The first-order valence-electron chi connectivity index (χ1n) is 7.37. The minimum absolute atomic E-state index is 0.0250. The van der Waals surface area contributed by atoms with Crippen molar-refractivity contribution < 1.29 is 18.7 Å². The van der Waals surface area contributed by atoms with Gasteiger partial charge in [0.05, 0.1) is 24.9 Å². The zero-order valence-corrected chi connectivity index (χ0v) is 13.8. The molecule has 2 aromatic carbocycles. The molecule has 0 bridgehead atoms. The Hall–Kier alpha value is -2.89. The van der Waals surface area contributed by atoms with E-state index in [-0.39, 0.29) is 12.5 Å². The quantitative estimate of drug-likeness (QED) is 0.856. The van der Waals surface area contributed by atoms with Gasteiger partial charge in [0.2, 0.25) is 5.91 Å². The van der Waals surface area contributed by atoms with Gasteiger partial charge in [-0.1, -0.05) is 18.2 Å². The third-order valence-corrected chi connectivity index (χ3v) is 3.58. The molecule has 0 atom stereocenters. The van der Waals surface area contributed by atoms with Gasteiger partial charge in [0.15, 0.2) is 0 Å². The number of para-hydroxylation sites is 1. The van der Waals surface area contributed by atoms with Crippen LogP contribution in [0.1, 0.15) is 15.9 Å². The van der Waals surface area contributed by atoms with E-state index in [0.717, 1.165) is 5.56 Å². The van der Waals surface area contributed by atoms with Crippen molar-refractivity contribution in [2.45, 2.75) is 6.92 Å². The zero-order chi connectivity index (χ0) is 17.7. The fraction of sp³-hybridized carbons (Fsp3) is 0.222. The maximum absolute atomic E-state index is 13.7. The van der Waals surface area contributed by atoms with Gasteiger partial charge >= 0.3 is 5.97 Å². The van der Waals surface area contributed by atoms with Crippen LogP contribution in [0.2, 0.25) is 0 Å². The minimum atomic E-state index is -0.478. The Labute approximate surface area is 140 Å². The van der Waals surface area contributed by atoms with Gasteiger partial charge in [-0.15, -0.1) is 0 Å². The number of rotatable bonds is 5. The van der Waals surface area contributed by atoms with Gasteiger partial charge in [-0.25, -0.2) is 9.18 Å². The molecule has 0 radical (unpaired) electrons. The van der Waals surface area contributed by atoms with Crippen LogP contribution < -0.4 is 10.2 Å². The molecule has 0 unspecified atom stereocenters. The number of carbonyl (C=O) groups excluding carboxylic acids is 2. The predicted octanol–water partition coefficient (Wildman–Crippen LogP) is 3.00. The molecule has 1 amide bonds. The van der Waals surface area contributed by atoms with E-state index < -0.39 is 11.8 Å². The number of methoxy groups -OCH3 is 1. The lowest BCUT2D eigenvalue weighted by atomic mass is 10.1. The van der Waals surface area contributed by atoms with Crippen LogP contribution in [-0.4, -0.2) is 32.6 Å². The summed E-state index contributed by atoms with van der Waals surface area (Å²) in [6.07, 6.45) is 0. The normalized spacial score (nSPS) is 10.2. The van der Waals surface area contributed by atoms with Crippen LogP contribution in [0.25, 0.3) is 0 Å². The number of anilines is 2. The SMILES string of the molecule is COC(=O)c1ccc(C)c(NC(=O)CN(C)c2ccccc2F)c1. The van der Waals surface area contributed by atoms with Crippen molar-refractivity contribution in [3.63, 3.8) is 0 Å². The number of benzene rings is 2. The number of hydrogen-bond donors (Lipinski definition) is 1. The number of amides is 1. The molecule has 0 fully saturated rings. The lowest BCUT2D eigenvalue weighted by Crippen LogP contribution is -2.30. The molecular weight excluding hydrogens is 311 g/mol. The largest absolute Gasteiger partial charge is 0.465 e. The number of ether oxygens (including phenoxy) is 1. The van der Waals surface area contributed by atoms with Crippen LogP contribution in [-0.2, 0) is 9.53 Å². The minimum Gasteiger partial charge on any atom is -0.465 e. The number of halogens is 1. The lowest BCUT2D eigenvalue weighted by Gasteiger charge is -2.19. The molecule has 2 rings (SSSR count). The second kappa shape index (κ2) is 7.59. The van der Waals surface area contributed by atoms with Crippen LogP contribution in [0.5, 0.6) is 0 Å². The molecule has 126 valence electrons. The summed E-state index contributed by atoms with van der Waals surface area (Å²) in [6.45, 7) is 1.79. The molecule has 0 saturated heterocycles. The van der Waals surface area contributed by atoms with Crippen molar-refractivity contribution in [1.82, 2.24) is 0 Å². The highest BCUT2D eigenvalue weighted by Crippen LogP contribution is 2.19. The van der Waals surface area contributed by atoms with E-state index in [9.17, 15) is 14.0 Å². The fourth-order valence-electron chi connectivity index (χ4n) is 2.25. The van der Waals surface area contributed by atoms with E-state index in [1.54, 1.807) is 43.4 Å². The Balaban J connectivity index is 2.10. The highest BCUT2D eigenvalue weighted by atomic mass is 19.1.